The Bertz CT molecular complexity index is 1100. The van der Waals surface area contributed by atoms with Crippen molar-refractivity contribution in [3.8, 4) is 28.6 Å². The Kier molecular flexibility index (Phi) is 4.69. The van der Waals surface area contributed by atoms with Gasteiger partial charge in [0.05, 0.1) is 28.9 Å². The minimum absolute atomic E-state index is 0.0937. The second kappa shape index (κ2) is 7.30. The molecule has 2 bridgehead atoms. The van der Waals surface area contributed by atoms with Crippen LogP contribution in [0.4, 0.5) is 4.39 Å². The van der Waals surface area contributed by atoms with Crippen LogP contribution in [0.15, 0.2) is 42.9 Å². The zero-order chi connectivity index (χ0) is 21.8. The Morgan fingerprint density at radius 1 is 1.23 bits per heavy atom. The monoisotopic (exact) mass is 423 g/mol. The maximum Gasteiger partial charge on any atom is 0.233 e. The number of ether oxygens (including phenoxy) is 1. The molecule has 0 radical (unpaired) electrons. The van der Waals surface area contributed by atoms with Crippen LogP contribution in [-0.2, 0) is 0 Å². The summed E-state index contributed by atoms with van der Waals surface area (Å²) in [6.07, 6.45) is 3.79. The molecule has 1 saturated carbocycles. The second-order valence-electron chi connectivity index (χ2n) is 8.90. The van der Waals surface area contributed by atoms with Crippen molar-refractivity contribution in [2.24, 2.45) is 5.92 Å². The predicted molar refractivity (Wildman–Crippen MR) is 114 cm³/mol. The van der Waals surface area contributed by atoms with Gasteiger partial charge in [-0.25, -0.2) is 9.37 Å². The number of nitrogens with zero attached hydrogens (tertiary/aromatic N) is 5. The van der Waals surface area contributed by atoms with Gasteiger partial charge in [-0.05, 0) is 51.9 Å². The van der Waals surface area contributed by atoms with Gasteiger partial charge in [-0.3, -0.25) is 4.90 Å². The smallest absolute Gasteiger partial charge is 0.233 e. The van der Waals surface area contributed by atoms with Gasteiger partial charge >= 0.3 is 0 Å². The molecular formula is C23H26FN5O2. The Balaban J connectivity index is 1.34. The summed E-state index contributed by atoms with van der Waals surface area (Å²) >= 11 is 0. The Labute approximate surface area is 180 Å². The van der Waals surface area contributed by atoms with E-state index in [0.717, 1.165) is 30.8 Å². The van der Waals surface area contributed by atoms with Gasteiger partial charge in [0.1, 0.15) is 11.9 Å². The lowest BCUT2D eigenvalue weighted by atomic mass is 9.68. The van der Waals surface area contributed by atoms with Crippen molar-refractivity contribution in [1.82, 2.24) is 24.6 Å². The van der Waals surface area contributed by atoms with E-state index in [1.807, 2.05) is 37.7 Å². The molecule has 4 heterocycles. The highest BCUT2D eigenvalue weighted by Crippen LogP contribution is 2.45. The van der Waals surface area contributed by atoms with E-state index >= 15 is 4.39 Å². The van der Waals surface area contributed by atoms with Crippen LogP contribution in [0.3, 0.4) is 0 Å². The number of aryl methyl sites for hydroxylation is 1. The number of benzene rings is 1. The van der Waals surface area contributed by atoms with Crippen LogP contribution in [0.1, 0.15) is 25.5 Å². The van der Waals surface area contributed by atoms with Gasteiger partial charge in [-0.2, -0.15) is 0 Å². The molecule has 3 fully saturated rings. The zero-order valence-corrected chi connectivity index (χ0v) is 17.9. The minimum atomic E-state index is -1.07. The quantitative estimate of drug-likeness (QED) is 0.692. The molecule has 2 saturated heterocycles. The molecule has 2 aliphatic heterocycles. The fraction of sp³-hybridized carbons (Fsp3) is 0.435. The Morgan fingerprint density at radius 3 is 2.71 bits per heavy atom. The van der Waals surface area contributed by atoms with E-state index in [0.29, 0.717) is 17.1 Å². The molecule has 7 nitrogen and oxygen atoms in total. The molecule has 8 heteroatoms. The maximum atomic E-state index is 15.2. The highest BCUT2D eigenvalue weighted by Gasteiger charge is 2.55. The molecule has 1 N–H and O–H groups in total. The van der Waals surface area contributed by atoms with Gasteiger partial charge in [0.15, 0.2) is 6.17 Å². The summed E-state index contributed by atoms with van der Waals surface area (Å²) in [4.78, 5) is 6.31. The van der Waals surface area contributed by atoms with E-state index < -0.39 is 17.8 Å². The summed E-state index contributed by atoms with van der Waals surface area (Å²) in [7, 11) is 1.98. The number of alkyl halides is 1. The SMILES string of the molecule is Cc1cn(-c2ccc(-c3ccc(O[C@@H]4[C@H]5CC[C@@](C)([C@@H]4F)N(C)C5)nn3)c(O)c2)cn1. The van der Waals surface area contributed by atoms with Crippen LogP contribution < -0.4 is 4.74 Å². The molecule has 4 atom stereocenters. The molecule has 0 unspecified atom stereocenters. The van der Waals surface area contributed by atoms with E-state index in [4.69, 9.17) is 4.74 Å². The molecule has 1 aliphatic carbocycles. The van der Waals surface area contributed by atoms with Crippen LogP contribution in [0.2, 0.25) is 0 Å². The van der Waals surface area contributed by atoms with Crippen LogP contribution in [0, 0.1) is 12.8 Å². The molecule has 6 rings (SSSR count). The normalized spacial score (nSPS) is 28.1. The molecular weight excluding hydrogens is 397 g/mol. The number of fused-ring (bicyclic) bond motifs is 3. The van der Waals surface area contributed by atoms with Crippen molar-refractivity contribution < 1.29 is 14.2 Å². The lowest BCUT2D eigenvalue weighted by Gasteiger charge is -2.56. The molecule has 162 valence electrons. The van der Waals surface area contributed by atoms with E-state index in [1.165, 1.54) is 0 Å². The van der Waals surface area contributed by atoms with Crippen LogP contribution >= 0.6 is 0 Å². The third kappa shape index (κ3) is 3.35. The first-order valence-electron chi connectivity index (χ1n) is 10.6. The minimum Gasteiger partial charge on any atom is -0.507 e. The largest absolute Gasteiger partial charge is 0.507 e. The number of imidazole rings is 1. The average Bonchev–Trinajstić information content (AvgIpc) is 3.19. The van der Waals surface area contributed by atoms with E-state index in [9.17, 15) is 5.11 Å². The maximum absolute atomic E-state index is 15.2. The number of hydrogen-bond acceptors (Lipinski definition) is 6. The van der Waals surface area contributed by atoms with Gasteiger partial charge in [-0.15, -0.1) is 10.2 Å². The Hall–Kier alpha value is -3.00. The number of hydrogen-bond donors (Lipinski definition) is 1. The lowest BCUT2D eigenvalue weighted by molar-refractivity contribution is -0.136. The van der Waals surface area contributed by atoms with Gasteiger partial charge in [0.2, 0.25) is 5.88 Å². The summed E-state index contributed by atoms with van der Waals surface area (Å²) < 4.78 is 23.0. The van der Waals surface area contributed by atoms with Crippen molar-refractivity contribution in [3.63, 3.8) is 0 Å². The highest BCUT2D eigenvalue weighted by atomic mass is 19.1. The lowest BCUT2D eigenvalue weighted by Crippen LogP contribution is -2.68. The third-order valence-electron chi connectivity index (χ3n) is 6.91. The summed E-state index contributed by atoms with van der Waals surface area (Å²) in [6.45, 7) is 4.70. The van der Waals surface area contributed by atoms with E-state index in [1.54, 1.807) is 30.6 Å². The molecule has 3 aliphatic rings. The van der Waals surface area contributed by atoms with Crippen molar-refractivity contribution in [1.29, 1.82) is 0 Å². The fourth-order valence-electron chi connectivity index (χ4n) is 4.81. The number of phenols is 1. The van der Waals surface area contributed by atoms with Gasteiger partial charge in [0, 0.05) is 36.4 Å². The van der Waals surface area contributed by atoms with Gasteiger partial charge in [0.25, 0.3) is 0 Å². The summed E-state index contributed by atoms with van der Waals surface area (Å²) in [5.41, 5.74) is 2.29. The average molecular weight is 423 g/mol. The van der Waals surface area contributed by atoms with Crippen LogP contribution in [0.25, 0.3) is 16.9 Å². The van der Waals surface area contributed by atoms with Crippen LogP contribution in [0.5, 0.6) is 11.6 Å². The van der Waals surface area contributed by atoms with Crippen molar-refractivity contribution >= 4 is 0 Å². The van der Waals surface area contributed by atoms with Crippen molar-refractivity contribution in [3.05, 3.63) is 48.5 Å². The zero-order valence-electron chi connectivity index (χ0n) is 17.9. The fourth-order valence-corrected chi connectivity index (χ4v) is 4.81. The van der Waals surface area contributed by atoms with Crippen molar-refractivity contribution in [2.45, 2.75) is 44.5 Å². The van der Waals surface area contributed by atoms with Crippen LogP contribution in [-0.4, -0.2) is 61.2 Å². The first-order valence-corrected chi connectivity index (χ1v) is 10.6. The number of rotatable bonds is 4. The molecule has 1 aromatic carbocycles. The van der Waals surface area contributed by atoms with E-state index in [-0.39, 0.29) is 11.7 Å². The first-order chi connectivity index (χ1) is 14.8. The van der Waals surface area contributed by atoms with E-state index in [2.05, 4.69) is 20.1 Å². The number of aromatic nitrogens is 4. The van der Waals surface area contributed by atoms with Gasteiger partial charge < -0.3 is 14.4 Å². The first kappa shape index (κ1) is 19.9. The standard InChI is InChI=1S/C23H26FN5O2/c1-14-11-29(13-25-14)16-4-5-17(19(30)10-16)18-6-7-20(27-26-18)31-21-15-8-9-23(2,22(21)24)28(3)12-15/h4-7,10-11,13,15,21-22,30H,8-9,12H2,1-3H3/t15-,21+,22+,23-/m0/s1. The topological polar surface area (TPSA) is 76.3 Å². The molecule has 31 heavy (non-hydrogen) atoms. The third-order valence-corrected chi connectivity index (χ3v) is 6.91. The number of piperidine rings is 2. The predicted octanol–water partition coefficient (Wildman–Crippen LogP) is 3.54. The van der Waals surface area contributed by atoms with Gasteiger partial charge in [-0.1, -0.05) is 0 Å². The van der Waals surface area contributed by atoms with Crippen molar-refractivity contribution in [2.75, 3.05) is 13.6 Å². The molecule has 0 spiro atoms. The molecule has 0 amide bonds. The molecule has 2 aromatic heterocycles. The Morgan fingerprint density at radius 2 is 2.06 bits per heavy atom. The summed E-state index contributed by atoms with van der Waals surface area (Å²) in [5, 5.41) is 18.9. The summed E-state index contributed by atoms with van der Waals surface area (Å²) in [5.74, 6) is 0.545. The number of halogens is 1. The number of aromatic hydroxyl groups is 1. The second-order valence-corrected chi connectivity index (χ2v) is 8.90. The highest BCUT2D eigenvalue weighted by molar-refractivity contribution is 5.68. The molecule has 3 aromatic rings. The number of phenolic OH excluding ortho intramolecular Hbond substituents is 1. The summed E-state index contributed by atoms with van der Waals surface area (Å²) in [6, 6.07) is 8.76.